The molecule has 4 aliphatic heterocycles. The molecule has 0 aliphatic carbocycles. The Balaban J connectivity index is 1.31. The molecule has 1 unspecified atom stereocenters. The van der Waals surface area contributed by atoms with Crippen LogP contribution in [0.25, 0.3) is 0 Å². The molecule has 7 heteroatoms. The number of amidine groups is 1. The van der Waals surface area contributed by atoms with Gasteiger partial charge in [0.15, 0.2) is 11.5 Å². The van der Waals surface area contributed by atoms with Crippen LogP contribution in [0, 0.1) is 0 Å². The number of esters is 1. The molecule has 0 aromatic heterocycles. The first-order chi connectivity index (χ1) is 14.9. The molecule has 2 N–H and O–H groups in total. The first kappa shape index (κ1) is 19.6. The van der Waals surface area contributed by atoms with Crippen LogP contribution in [0.3, 0.4) is 0 Å². The van der Waals surface area contributed by atoms with E-state index in [2.05, 4.69) is 33.5 Å². The molecule has 1 aromatic carbocycles. The first-order valence-electron chi connectivity index (χ1n) is 10.8. The number of carbonyl (C=O) groups excluding carboxylic acids is 1. The molecule has 1 aromatic rings. The number of nitrogens with one attached hydrogen (secondary N) is 2. The molecule has 0 amide bonds. The number of rotatable bonds is 2. The first-order valence-corrected chi connectivity index (χ1v) is 10.8. The Morgan fingerprint density at radius 1 is 1.26 bits per heavy atom. The maximum Gasteiger partial charge on any atom is 0.339 e. The number of piperidine rings is 1. The van der Waals surface area contributed by atoms with Crippen molar-refractivity contribution in [2.75, 3.05) is 13.1 Å². The predicted molar refractivity (Wildman–Crippen MR) is 121 cm³/mol. The molecule has 4 aliphatic rings. The lowest BCUT2D eigenvalue weighted by Gasteiger charge is -2.39. The molecule has 1 saturated heterocycles. The van der Waals surface area contributed by atoms with Crippen LogP contribution in [0.2, 0.25) is 0 Å². The largest absolute Gasteiger partial charge is 0.450 e. The van der Waals surface area contributed by atoms with E-state index in [-0.39, 0.29) is 5.97 Å². The number of allylic oxidation sites excluding steroid dienone is 4. The van der Waals surface area contributed by atoms with E-state index in [9.17, 15) is 4.79 Å². The van der Waals surface area contributed by atoms with Crippen molar-refractivity contribution in [2.24, 2.45) is 9.98 Å². The number of ether oxygens (including phenoxy) is 1. The third-order valence-corrected chi connectivity index (χ3v) is 6.48. The molecule has 1 atom stereocenters. The lowest BCUT2D eigenvalue weighted by Crippen LogP contribution is -2.52. The second-order valence-electron chi connectivity index (χ2n) is 8.57. The van der Waals surface area contributed by atoms with Crippen molar-refractivity contribution in [1.82, 2.24) is 15.5 Å². The highest BCUT2D eigenvalue weighted by atomic mass is 16.6. The summed E-state index contributed by atoms with van der Waals surface area (Å²) in [5.41, 5.74) is 2.65. The zero-order chi connectivity index (χ0) is 21.6. The van der Waals surface area contributed by atoms with Crippen molar-refractivity contribution in [3.8, 4) is 0 Å². The van der Waals surface area contributed by atoms with Gasteiger partial charge < -0.3 is 20.3 Å². The minimum Gasteiger partial charge on any atom is -0.450 e. The number of fused-ring (bicyclic) bond motifs is 3. The van der Waals surface area contributed by atoms with Crippen LogP contribution < -0.4 is 10.6 Å². The van der Waals surface area contributed by atoms with E-state index in [0.717, 1.165) is 54.6 Å². The summed E-state index contributed by atoms with van der Waals surface area (Å²) in [7, 11) is 0. The number of likely N-dealkylation sites (tertiary alicyclic amines) is 1. The number of benzene rings is 1. The van der Waals surface area contributed by atoms with Crippen LogP contribution in [0.5, 0.6) is 0 Å². The van der Waals surface area contributed by atoms with E-state index in [1.807, 2.05) is 56.5 Å². The van der Waals surface area contributed by atoms with Crippen molar-refractivity contribution < 1.29 is 9.53 Å². The number of aliphatic imine (C=N–C) groups is 2. The maximum absolute atomic E-state index is 12.3. The molecule has 160 valence electrons. The quantitative estimate of drug-likeness (QED) is 0.571. The molecule has 4 heterocycles. The summed E-state index contributed by atoms with van der Waals surface area (Å²) in [6, 6.07) is 7.74. The van der Waals surface area contributed by atoms with Crippen LogP contribution in [-0.4, -0.2) is 41.4 Å². The van der Waals surface area contributed by atoms with Crippen molar-refractivity contribution >= 4 is 17.8 Å². The summed E-state index contributed by atoms with van der Waals surface area (Å²) < 4.78 is 5.88. The summed E-state index contributed by atoms with van der Waals surface area (Å²) in [6.07, 6.45) is 9.39. The molecule has 7 nitrogen and oxygen atoms in total. The SMILES string of the molecule is C/C=C\C=C(/C)C1=CN=C2NC(N3CCC4(CC3)OC(=O)c3ccccc34)=NC2(C)N1. The lowest BCUT2D eigenvalue weighted by atomic mass is 9.84. The highest BCUT2D eigenvalue weighted by Crippen LogP contribution is 2.44. The zero-order valence-corrected chi connectivity index (χ0v) is 18.1. The standard InChI is InChI=1S/C24H27N5O2/c1-4-5-8-16(2)19-15-25-21-23(3,27-19)28-22(26-21)29-13-11-24(12-14-29)18-10-7-6-9-17(18)20(30)31-24/h4-10,15,27H,11-14H2,1-3H3,(H,25,26,28)/b5-4-,16-8+. The average molecular weight is 418 g/mol. The van der Waals surface area contributed by atoms with Crippen LogP contribution >= 0.6 is 0 Å². The normalized spacial score (nSPS) is 26.5. The topological polar surface area (TPSA) is 78.3 Å². The molecule has 5 rings (SSSR count). The van der Waals surface area contributed by atoms with Gasteiger partial charge in [0.2, 0.25) is 5.96 Å². The van der Waals surface area contributed by atoms with Gasteiger partial charge in [0, 0.05) is 31.5 Å². The zero-order valence-electron chi connectivity index (χ0n) is 18.1. The van der Waals surface area contributed by atoms with Gasteiger partial charge >= 0.3 is 5.97 Å². The third-order valence-electron chi connectivity index (χ3n) is 6.48. The third kappa shape index (κ3) is 3.15. The van der Waals surface area contributed by atoms with Crippen LogP contribution in [0.4, 0.5) is 0 Å². The van der Waals surface area contributed by atoms with Gasteiger partial charge in [-0.25, -0.2) is 14.8 Å². The second-order valence-corrected chi connectivity index (χ2v) is 8.57. The number of nitrogens with zero attached hydrogens (tertiary/aromatic N) is 3. The fraction of sp³-hybridized carbons (Fsp3) is 0.375. The Kier molecular flexibility index (Phi) is 4.50. The van der Waals surface area contributed by atoms with Crippen molar-refractivity contribution in [2.45, 2.75) is 44.9 Å². The van der Waals surface area contributed by atoms with E-state index in [1.54, 1.807) is 0 Å². The maximum atomic E-state index is 12.3. The monoisotopic (exact) mass is 417 g/mol. The van der Waals surface area contributed by atoms with E-state index < -0.39 is 11.3 Å². The summed E-state index contributed by atoms with van der Waals surface area (Å²) in [6.45, 7) is 7.58. The minimum absolute atomic E-state index is 0.211. The molecule has 31 heavy (non-hydrogen) atoms. The molecule has 0 radical (unpaired) electrons. The van der Waals surface area contributed by atoms with Gasteiger partial charge in [-0.05, 0) is 32.4 Å². The van der Waals surface area contributed by atoms with E-state index >= 15 is 0 Å². The molecule has 1 fully saturated rings. The molecule has 0 bridgehead atoms. The predicted octanol–water partition coefficient (Wildman–Crippen LogP) is 3.19. The lowest BCUT2D eigenvalue weighted by molar-refractivity contribution is -0.0346. The molecular formula is C24H27N5O2. The molecule has 1 spiro atoms. The average Bonchev–Trinajstić information content (AvgIpc) is 3.26. The fourth-order valence-corrected chi connectivity index (χ4v) is 4.67. The molecule has 0 saturated carbocycles. The Morgan fingerprint density at radius 2 is 2.03 bits per heavy atom. The van der Waals surface area contributed by atoms with Gasteiger partial charge in [-0.1, -0.05) is 36.4 Å². The highest BCUT2D eigenvalue weighted by Gasteiger charge is 2.49. The van der Waals surface area contributed by atoms with Crippen molar-refractivity contribution in [1.29, 1.82) is 0 Å². The van der Waals surface area contributed by atoms with Gasteiger partial charge in [0.05, 0.1) is 17.5 Å². The van der Waals surface area contributed by atoms with Gasteiger partial charge in [-0.3, -0.25) is 0 Å². The molecular weight excluding hydrogens is 390 g/mol. The Hall–Kier alpha value is -3.35. The summed E-state index contributed by atoms with van der Waals surface area (Å²) in [5, 5.41) is 6.91. The summed E-state index contributed by atoms with van der Waals surface area (Å²) >= 11 is 0. The van der Waals surface area contributed by atoms with Crippen LogP contribution in [0.15, 0.2) is 69.9 Å². The number of hydrogen-bond acceptors (Lipinski definition) is 7. The Labute approximate surface area is 182 Å². The fourth-order valence-electron chi connectivity index (χ4n) is 4.67. The highest BCUT2D eigenvalue weighted by molar-refractivity contribution is 6.10. The second kappa shape index (κ2) is 7.11. The Morgan fingerprint density at radius 3 is 2.81 bits per heavy atom. The van der Waals surface area contributed by atoms with Crippen LogP contribution in [-0.2, 0) is 10.3 Å². The van der Waals surface area contributed by atoms with Gasteiger partial charge in [-0.15, -0.1) is 0 Å². The van der Waals surface area contributed by atoms with Gasteiger partial charge in [-0.2, -0.15) is 0 Å². The number of hydrogen-bond donors (Lipinski definition) is 2. The smallest absolute Gasteiger partial charge is 0.339 e. The van der Waals surface area contributed by atoms with Crippen molar-refractivity contribution in [3.05, 3.63) is 71.1 Å². The minimum atomic E-state index is -0.619. The van der Waals surface area contributed by atoms with E-state index in [0.29, 0.717) is 5.56 Å². The van der Waals surface area contributed by atoms with Gasteiger partial charge in [0.25, 0.3) is 0 Å². The van der Waals surface area contributed by atoms with Gasteiger partial charge in [0.1, 0.15) is 5.60 Å². The van der Waals surface area contributed by atoms with E-state index in [1.165, 1.54) is 0 Å². The van der Waals surface area contributed by atoms with E-state index in [4.69, 9.17) is 9.73 Å². The number of carbonyl (C=O) groups is 1. The Bertz CT molecular complexity index is 1090. The summed E-state index contributed by atoms with van der Waals surface area (Å²) in [4.78, 5) is 24.1. The number of guanidine groups is 1. The van der Waals surface area contributed by atoms with Crippen molar-refractivity contribution in [3.63, 3.8) is 0 Å². The summed E-state index contributed by atoms with van der Waals surface area (Å²) in [5.74, 6) is 1.39. The van der Waals surface area contributed by atoms with Crippen LogP contribution in [0.1, 0.15) is 49.5 Å².